The van der Waals surface area contributed by atoms with Crippen molar-refractivity contribution in [2.24, 2.45) is 0 Å². The van der Waals surface area contributed by atoms with Gasteiger partial charge in [0.15, 0.2) is 6.10 Å². The molecule has 0 aliphatic rings. The van der Waals surface area contributed by atoms with E-state index in [4.69, 9.17) is 4.74 Å². The fraction of sp³-hybridized carbons (Fsp3) is 0.533. The molecule has 1 N–H and O–H groups in total. The minimum absolute atomic E-state index is 0.0209. The first-order valence-corrected chi connectivity index (χ1v) is 6.73. The van der Waals surface area contributed by atoms with Crippen LogP contribution in [0.25, 0.3) is 0 Å². The largest absolute Gasteiger partial charge is 0.481 e. The molecule has 0 fully saturated rings. The molecule has 0 aromatic heterocycles. The maximum atomic E-state index is 12.1. The van der Waals surface area contributed by atoms with Crippen molar-refractivity contribution in [3.8, 4) is 5.75 Å². The molecule has 2 atom stereocenters. The van der Waals surface area contributed by atoms with Crippen molar-refractivity contribution in [1.29, 1.82) is 0 Å². The van der Waals surface area contributed by atoms with E-state index in [-0.39, 0.29) is 5.91 Å². The van der Waals surface area contributed by atoms with Gasteiger partial charge in [0.2, 0.25) is 0 Å². The van der Waals surface area contributed by atoms with E-state index in [9.17, 15) is 9.90 Å². The highest BCUT2D eigenvalue weighted by atomic mass is 16.5. The van der Waals surface area contributed by atoms with Crippen LogP contribution in [0.4, 0.5) is 0 Å². The summed E-state index contributed by atoms with van der Waals surface area (Å²) in [5.41, 5.74) is 0.778. The molecular weight excluding hydrogens is 242 g/mol. The highest BCUT2D eigenvalue weighted by Crippen LogP contribution is 2.20. The third kappa shape index (κ3) is 4.24. The monoisotopic (exact) mass is 265 g/mol. The molecule has 0 saturated heterocycles. The van der Waals surface area contributed by atoms with Gasteiger partial charge in [0.1, 0.15) is 5.75 Å². The minimum atomic E-state index is -0.544. The zero-order valence-corrected chi connectivity index (χ0v) is 12.1. The highest BCUT2D eigenvalue weighted by molar-refractivity contribution is 5.80. The summed E-state index contributed by atoms with van der Waals surface area (Å²) in [7, 11) is 0. The standard InChI is InChI=1S/C15H23NO3/c1-5-16(6-2)15(18)12(4)19-14-9-7-8-13(10-14)11(3)17/h7-12,17H,5-6H2,1-4H3/t11-,12?/m0/s1. The number of ether oxygens (including phenoxy) is 1. The maximum Gasteiger partial charge on any atom is 0.263 e. The van der Waals surface area contributed by atoms with Gasteiger partial charge in [-0.05, 0) is 45.4 Å². The van der Waals surface area contributed by atoms with Gasteiger partial charge in [-0.2, -0.15) is 0 Å². The van der Waals surface area contributed by atoms with Crippen LogP contribution in [0, 0.1) is 0 Å². The SMILES string of the molecule is CCN(CC)C(=O)C(C)Oc1cccc([C@H](C)O)c1. The van der Waals surface area contributed by atoms with E-state index >= 15 is 0 Å². The van der Waals surface area contributed by atoms with Crippen LogP contribution in [0.2, 0.25) is 0 Å². The van der Waals surface area contributed by atoms with Gasteiger partial charge in [-0.25, -0.2) is 0 Å². The lowest BCUT2D eigenvalue weighted by Gasteiger charge is -2.23. The topological polar surface area (TPSA) is 49.8 Å². The number of amides is 1. The summed E-state index contributed by atoms with van der Waals surface area (Å²) in [4.78, 5) is 13.8. The molecule has 0 aliphatic carbocycles. The fourth-order valence-corrected chi connectivity index (χ4v) is 1.89. The number of nitrogens with zero attached hydrogens (tertiary/aromatic N) is 1. The van der Waals surface area contributed by atoms with Crippen LogP contribution in [0.5, 0.6) is 5.75 Å². The van der Waals surface area contributed by atoms with E-state index in [0.717, 1.165) is 5.56 Å². The molecule has 1 rings (SSSR count). The van der Waals surface area contributed by atoms with Crippen molar-refractivity contribution in [2.45, 2.75) is 39.9 Å². The predicted molar refractivity (Wildman–Crippen MR) is 75.1 cm³/mol. The molecule has 1 aromatic rings. The summed E-state index contributed by atoms with van der Waals surface area (Å²) in [6, 6.07) is 7.19. The number of hydrogen-bond donors (Lipinski definition) is 1. The van der Waals surface area contributed by atoms with Crippen LogP contribution in [0.15, 0.2) is 24.3 Å². The van der Waals surface area contributed by atoms with E-state index in [0.29, 0.717) is 18.8 Å². The first kappa shape index (κ1) is 15.5. The van der Waals surface area contributed by atoms with Gasteiger partial charge < -0.3 is 14.7 Å². The number of aliphatic hydroxyl groups is 1. The van der Waals surface area contributed by atoms with Gasteiger partial charge in [-0.3, -0.25) is 4.79 Å². The molecule has 4 nitrogen and oxygen atoms in total. The van der Waals surface area contributed by atoms with Crippen molar-refractivity contribution in [2.75, 3.05) is 13.1 Å². The quantitative estimate of drug-likeness (QED) is 0.859. The van der Waals surface area contributed by atoms with Crippen LogP contribution < -0.4 is 4.74 Å². The number of likely N-dealkylation sites (N-methyl/N-ethyl adjacent to an activating group) is 1. The zero-order chi connectivity index (χ0) is 14.4. The van der Waals surface area contributed by atoms with Gasteiger partial charge in [0.05, 0.1) is 6.10 Å². The van der Waals surface area contributed by atoms with E-state index in [2.05, 4.69) is 0 Å². The summed E-state index contributed by atoms with van der Waals surface area (Å²) < 4.78 is 5.65. The molecule has 4 heteroatoms. The lowest BCUT2D eigenvalue weighted by atomic mass is 10.1. The summed E-state index contributed by atoms with van der Waals surface area (Å²) in [6.07, 6.45) is -1.07. The Morgan fingerprint density at radius 1 is 1.32 bits per heavy atom. The molecule has 0 radical (unpaired) electrons. The first-order valence-electron chi connectivity index (χ1n) is 6.73. The first-order chi connectivity index (χ1) is 8.99. The van der Waals surface area contributed by atoms with Crippen LogP contribution >= 0.6 is 0 Å². The number of benzene rings is 1. The molecule has 0 aliphatic heterocycles. The van der Waals surface area contributed by atoms with E-state index in [1.54, 1.807) is 30.9 Å². The molecule has 1 aromatic carbocycles. The van der Waals surface area contributed by atoms with Gasteiger partial charge in [0, 0.05) is 13.1 Å². The van der Waals surface area contributed by atoms with E-state index in [1.807, 2.05) is 26.0 Å². The Balaban J connectivity index is 2.73. The van der Waals surface area contributed by atoms with Gasteiger partial charge in [-0.1, -0.05) is 12.1 Å². The smallest absolute Gasteiger partial charge is 0.263 e. The minimum Gasteiger partial charge on any atom is -0.481 e. The number of rotatable bonds is 6. The summed E-state index contributed by atoms with van der Waals surface area (Å²) >= 11 is 0. The Morgan fingerprint density at radius 2 is 1.95 bits per heavy atom. The molecule has 106 valence electrons. The number of aliphatic hydroxyl groups excluding tert-OH is 1. The molecule has 1 amide bonds. The van der Waals surface area contributed by atoms with Gasteiger partial charge in [-0.15, -0.1) is 0 Å². The van der Waals surface area contributed by atoms with Crippen molar-refractivity contribution < 1.29 is 14.6 Å². The maximum absolute atomic E-state index is 12.1. The fourth-order valence-electron chi connectivity index (χ4n) is 1.89. The number of carbonyl (C=O) groups is 1. The lowest BCUT2D eigenvalue weighted by Crippen LogP contribution is -2.40. The van der Waals surface area contributed by atoms with E-state index in [1.165, 1.54) is 0 Å². The van der Waals surface area contributed by atoms with Gasteiger partial charge >= 0.3 is 0 Å². The Kier molecular flexibility index (Phi) is 5.83. The average molecular weight is 265 g/mol. The van der Waals surface area contributed by atoms with Crippen molar-refractivity contribution >= 4 is 5.91 Å². The van der Waals surface area contributed by atoms with Crippen LogP contribution in [-0.4, -0.2) is 35.1 Å². The summed E-state index contributed by atoms with van der Waals surface area (Å²) in [5.74, 6) is 0.582. The number of hydrogen-bond acceptors (Lipinski definition) is 3. The molecular formula is C15H23NO3. The van der Waals surface area contributed by atoms with Crippen molar-refractivity contribution in [3.05, 3.63) is 29.8 Å². The third-order valence-electron chi connectivity index (χ3n) is 3.08. The second-order valence-corrected chi connectivity index (χ2v) is 4.52. The van der Waals surface area contributed by atoms with Crippen LogP contribution in [-0.2, 0) is 4.79 Å². The highest BCUT2D eigenvalue weighted by Gasteiger charge is 2.19. The Morgan fingerprint density at radius 3 is 2.47 bits per heavy atom. The molecule has 1 unspecified atom stereocenters. The molecule has 19 heavy (non-hydrogen) atoms. The average Bonchev–Trinajstić information content (AvgIpc) is 2.40. The Labute approximate surface area is 115 Å². The van der Waals surface area contributed by atoms with Crippen molar-refractivity contribution in [3.63, 3.8) is 0 Å². The van der Waals surface area contributed by atoms with E-state index < -0.39 is 12.2 Å². The lowest BCUT2D eigenvalue weighted by molar-refractivity contribution is -0.137. The zero-order valence-electron chi connectivity index (χ0n) is 12.1. The third-order valence-corrected chi connectivity index (χ3v) is 3.08. The second kappa shape index (κ2) is 7.14. The second-order valence-electron chi connectivity index (χ2n) is 4.52. The Bertz CT molecular complexity index is 414. The van der Waals surface area contributed by atoms with Crippen LogP contribution in [0.3, 0.4) is 0 Å². The molecule has 0 spiro atoms. The summed E-state index contributed by atoms with van der Waals surface area (Å²) in [5, 5.41) is 9.53. The normalized spacial score (nSPS) is 13.7. The number of carbonyl (C=O) groups excluding carboxylic acids is 1. The molecule has 0 saturated carbocycles. The molecule has 0 bridgehead atoms. The molecule has 0 heterocycles. The van der Waals surface area contributed by atoms with Crippen molar-refractivity contribution in [1.82, 2.24) is 4.90 Å². The van der Waals surface area contributed by atoms with Gasteiger partial charge in [0.25, 0.3) is 5.91 Å². The summed E-state index contributed by atoms with van der Waals surface area (Å²) in [6.45, 7) is 8.69. The van der Waals surface area contributed by atoms with Crippen LogP contribution in [0.1, 0.15) is 39.4 Å². The predicted octanol–water partition coefficient (Wildman–Crippen LogP) is 2.38. The Hall–Kier alpha value is -1.55.